The summed E-state index contributed by atoms with van der Waals surface area (Å²) in [5, 5.41) is 0.126. The summed E-state index contributed by atoms with van der Waals surface area (Å²) in [6, 6.07) is 0. The summed E-state index contributed by atoms with van der Waals surface area (Å²) in [6.07, 6.45) is 0.888. The normalized spacial score (nSPS) is 14.6. The molecule has 0 fully saturated rings. The molecular weight excluding hydrogens is 248 g/mol. The van der Waals surface area contributed by atoms with E-state index < -0.39 is 25.9 Å². The van der Waals surface area contributed by atoms with Crippen LogP contribution in [0.2, 0.25) is 44.3 Å². The Morgan fingerprint density at radius 2 is 1.25 bits per heavy atom. The average Bonchev–Trinajstić information content (AvgIpc) is 1.97. The van der Waals surface area contributed by atoms with Gasteiger partial charge in [0.2, 0.25) is 0 Å². The van der Waals surface area contributed by atoms with E-state index in [1.807, 2.05) is 0 Å². The Morgan fingerprint density at radius 1 is 0.938 bits per heavy atom. The first-order chi connectivity index (χ1) is 6.87. The summed E-state index contributed by atoms with van der Waals surface area (Å²) >= 11 is 0. The van der Waals surface area contributed by atoms with Crippen LogP contribution in [-0.4, -0.2) is 25.9 Å². The molecule has 0 unspecified atom stereocenters. The third-order valence-corrected chi connectivity index (χ3v) is 11.1. The lowest BCUT2D eigenvalue weighted by atomic mass is 10.1. The second-order valence-corrected chi connectivity index (χ2v) is 19.6. The van der Waals surface area contributed by atoms with Crippen molar-refractivity contribution in [3.63, 3.8) is 0 Å². The molecule has 0 aromatic heterocycles. The van der Waals surface area contributed by atoms with E-state index in [9.17, 15) is 0 Å². The van der Waals surface area contributed by atoms with Crippen molar-refractivity contribution < 1.29 is 8.23 Å². The SMILES string of the molecule is [CH2]CC(C)(C)[SiH](O[Si](C)(C)C)O[Si](C)(C)C. The first-order valence-corrected chi connectivity index (χ1v) is 14.4. The lowest BCUT2D eigenvalue weighted by Crippen LogP contribution is -2.48. The molecule has 0 heterocycles. The van der Waals surface area contributed by atoms with Gasteiger partial charge in [-0.05, 0) is 45.7 Å². The van der Waals surface area contributed by atoms with Crippen molar-refractivity contribution in [1.29, 1.82) is 0 Å². The van der Waals surface area contributed by atoms with E-state index in [2.05, 4.69) is 60.1 Å². The Bertz CT molecular complexity index is 200. The zero-order valence-electron chi connectivity index (χ0n) is 12.3. The summed E-state index contributed by atoms with van der Waals surface area (Å²) in [7, 11) is -4.66. The lowest BCUT2D eigenvalue weighted by Gasteiger charge is -2.39. The van der Waals surface area contributed by atoms with Gasteiger partial charge < -0.3 is 8.23 Å². The summed E-state index contributed by atoms with van der Waals surface area (Å²) in [6.45, 7) is 21.9. The van der Waals surface area contributed by atoms with Gasteiger partial charge in [-0.1, -0.05) is 20.8 Å². The molecule has 1 radical (unpaired) electrons. The fourth-order valence-corrected chi connectivity index (χ4v) is 9.65. The predicted molar refractivity (Wildman–Crippen MR) is 80.0 cm³/mol. The Balaban J connectivity index is 4.79. The van der Waals surface area contributed by atoms with Crippen molar-refractivity contribution in [3.8, 4) is 0 Å². The molecule has 97 valence electrons. The Morgan fingerprint density at radius 3 is 1.44 bits per heavy atom. The minimum Gasteiger partial charge on any atom is -0.438 e. The van der Waals surface area contributed by atoms with E-state index in [4.69, 9.17) is 8.23 Å². The maximum absolute atomic E-state index is 6.32. The van der Waals surface area contributed by atoms with Crippen molar-refractivity contribution >= 4 is 25.9 Å². The maximum Gasteiger partial charge on any atom is 0.306 e. The highest BCUT2D eigenvalue weighted by atomic mass is 28.4. The average molecular weight is 278 g/mol. The van der Waals surface area contributed by atoms with E-state index in [0.29, 0.717) is 0 Å². The second kappa shape index (κ2) is 5.48. The van der Waals surface area contributed by atoms with Crippen LogP contribution < -0.4 is 0 Å². The largest absolute Gasteiger partial charge is 0.438 e. The zero-order chi connectivity index (χ0) is 13.2. The molecule has 0 atom stereocenters. The molecule has 16 heavy (non-hydrogen) atoms. The van der Waals surface area contributed by atoms with Crippen molar-refractivity contribution in [2.24, 2.45) is 0 Å². The van der Waals surface area contributed by atoms with Crippen molar-refractivity contribution in [2.45, 2.75) is 64.6 Å². The van der Waals surface area contributed by atoms with Crippen LogP contribution in [-0.2, 0) is 8.23 Å². The predicted octanol–water partition coefficient (Wildman–Crippen LogP) is 3.91. The molecule has 0 aliphatic heterocycles. The lowest BCUT2D eigenvalue weighted by molar-refractivity contribution is 0.366. The van der Waals surface area contributed by atoms with Crippen LogP contribution >= 0.6 is 0 Å². The highest BCUT2D eigenvalue weighted by Gasteiger charge is 2.39. The van der Waals surface area contributed by atoms with E-state index in [1.165, 1.54) is 0 Å². The fourth-order valence-electron chi connectivity index (χ4n) is 1.10. The quantitative estimate of drug-likeness (QED) is 0.685. The van der Waals surface area contributed by atoms with Crippen LogP contribution in [0.4, 0.5) is 0 Å². The first-order valence-electron chi connectivity index (χ1n) is 6.02. The minimum atomic E-state index is -1.63. The van der Waals surface area contributed by atoms with Gasteiger partial charge in [0.25, 0.3) is 0 Å². The number of rotatable bonds is 6. The van der Waals surface area contributed by atoms with Crippen LogP contribution in [0.15, 0.2) is 0 Å². The van der Waals surface area contributed by atoms with Gasteiger partial charge in [-0.2, -0.15) is 0 Å². The monoisotopic (exact) mass is 277 g/mol. The van der Waals surface area contributed by atoms with Gasteiger partial charge in [0.15, 0.2) is 16.6 Å². The molecule has 5 heteroatoms. The van der Waals surface area contributed by atoms with Crippen LogP contribution in [0.5, 0.6) is 0 Å². The van der Waals surface area contributed by atoms with Gasteiger partial charge >= 0.3 is 9.28 Å². The van der Waals surface area contributed by atoms with E-state index in [0.717, 1.165) is 6.42 Å². The van der Waals surface area contributed by atoms with Gasteiger partial charge in [0, 0.05) is 5.04 Å². The van der Waals surface area contributed by atoms with Gasteiger partial charge in [-0.15, -0.1) is 0 Å². The van der Waals surface area contributed by atoms with Crippen molar-refractivity contribution in [2.75, 3.05) is 0 Å². The van der Waals surface area contributed by atoms with E-state index >= 15 is 0 Å². The van der Waals surface area contributed by atoms with E-state index in [1.54, 1.807) is 0 Å². The Labute approximate surface area is 106 Å². The molecule has 0 bridgehead atoms. The molecule has 0 aliphatic rings. The second-order valence-electron chi connectivity index (χ2n) is 7.03. The Hall–Kier alpha value is 0.571. The maximum atomic E-state index is 6.32. The highest BCUT2D eigenvalue weighted by Crippen LogP contribution is 2.36. The summed E-state index contributed by atoms with van der Waals surface area (Å²) in [5.74, 6) is 0. The third-order valence-electron chi connectivity index (χ3n) is 2.20. The molecular formula is C11H29O2Si3. The standard InChI is InChI=1S/C11H29O2Si3/c1-10-11(2,3)14(12-15(4,5)6)13-16(7,8)9/h14H,1,10H2,2-9H3. The molecule has 0 rings (SSSR count). The molecule has 0 aliphatic carbocycles. The smallest absolute Gasteiger partial charge is 0.306 e. The summed E-state index contributed by atoms with van der Waals surface area (Å²) in [4.78, 5) is 0. The van der Waals surface area contributed by atoms with Crippen molar-refractivity contribution in [3.05, 3.63) is 6.92 Å². The summed E-state index contributed by atoms with van der Waals surface area (Å²) in [5.41, 5.74) is 0. The molecule has 0 aromatic rings. The molecule has 0 saturated carbocycles. The van der Waals surface area contributed by atoms with Gasteiger partial charge in [0.1, 0.15) is 0 Å². The van der Waals surface area contributed by atoms with Gasteiger partial charge in [0.05, 0.1) is 0 Å². The molecule has 0 amide bonds. The fraction of sp³-hybridized carbons (Fsp3) is 0.909. The molecule has 0 aromatic carbocycles. The molecule has 2 nitrogen and oxygen atoms in total. The number of hydrogen-bond acceptors (Lipinski definition) is 2. The Kier molecular flexibility index (Phi) is 5.67. The third kappa shape index (κ3) is 7.01. The van der Waals surface area contributed by atoms with Gasteiger partial charge in [-0.3, -0.25) is 0 Å². The molecule has 0 spiro atoms. The van der Waals surface area contributed by atoms with Crippen molar-refractivity contribution in [1.82, 2.24) is 0 Å². The molecule has 0 N–H and O–H groups in total. The van der Waals surface area contributed by atoms with Crippen LogP contribution in [0.3, 0.4) is 0 Å². The van der Waals surface area contributed by atoms with Crippen LogP contribution in [0.1, 0.15) is 20.3 Å². The topological polar surface area (TPSA) is 18.5 Å². The van der Waals surface area contributed by atoms with Crippen LogP contribution in [0, 0.1) is 6.92 Å². The van der Waals surface area contributed by atoms with E-state index in [-0.39, 0.29) is 5.04 Å². The summed E-state index contributed by atoms with van der Waals surface area (Å²) < 4.78 is 12.6. The highest BCUT2D eigenvalue weighted by molar-refractivity contribution is 6.81. The van der Waals surface area contributed by atoms with Crippen LogP contribution in [0.25, 0.3) is 0 Å². The number of hydrogen-bond donors (Lipinski definition) is 0. The minimum absolute atomic E-state index is 0.126. The van der Waals surface area contributed by atoms with Gasteiger partial charge in [-0.25, -0.2) is 0 Å². The molecule has 0 saturated heterocycles. The zero-order valence-corrected chi connectivity index (χ0v) is 15.5. The first kappa shape index (κ1) is 16.6.